The molecular formula is C16H11BrCl2N2O4. The lowest BCUT2D eigenvalue weighted by molar-refractivity contribution is -0.125. The highest BCUT2D eigenvalue weighted by Crippen LogP contribution is 2.21. The average Bonchev–Trinajstić information content (AvgIpc) is 2.58. The van der Waals surface area contributed by atoms with Crippen LogP contribution in [0.3, 0.4) is 0 Å². The van der Waals surface area contributed by atoms with E-state index in [2.05, 4.69) is 26.8 Å². The van der Waals surface area contributed by atoms with Crippen LogP contribution >= 0.6 is 39.1 Å². The van der Waals surface area contributed by atoms with Crippen LogP contribution in [0.25, 0.3) is 0 Å². The third kappa shape index (κ3) is 5.74. The zero-order valence-corrected chi connectivity index (χ0v) is 15.6. The van der Waals surface area contributed by atoms with Crippen molar-refractivity contribution in [1.29, 1.82) is 0 Å². The van der Waals surface area contributed by atoms with E-state index in [1.165, 1.54) is 18.2 Å². The van der Waals surface area contributed by atoms with Crippen molar-refractivity contribution in [2.75, 3.05) is 6.61 Å². The van der Waals surface area contributed by atoms with Gasteiger partial charge in [-0.2, -0.15) is 0 Å². The minimum Gasteiger partial charge on any atom is -0.452 e. The summed E-state index contributed by atoms with van der Waals surface area (Å²) in [7, 11) is 0. The van der Waals surface area contributed by atoms with Gasteiger partial charge < -0.3 is 4.74 Å². The van der Waals surface area contributed by atoms with Crippen molar-refractivity contribution < 1.29 is 19.1 Å². The first-order chi connectivity index (χ1) is 11.9. The van der Waals surface area contributed by atoms with Gasteiger partial charge in [0.2, 0.25) is 0 Å². The standard InChI is InChI=1S/C16H11BrCl2N2O4/c17-10-3-1-9(2-4-10)15(23)21-20-14(22)8-25-16(24)12-6-5-11(18)7-13(12)19/h1-7H,8H2,(H,20,22)(H,21,23). The van der Waals surface area contributed by atoms with Gasteiger partial charge in [-0.1, -0.05) is 39.1 Å². The first-order valence-corrected chi connectivity index (χ1v) is 8.38. The van der Waals surface area contributed by atoms with Crippen molar-refractivity contribution in [3.8, 4) is 0 Å². The van der Waals surface area contributed by atoms with Gasteiger partial charge in [0, 0.05) is 15.1 Å². The maximum absolute atomic E-state index is 11.9. The number of carbonyl (C=O) groups is 3. The molecule has 25 heavy (non-hydrogen) atoms. The molecule has 0 aliphatic rings. The number of hydrogen-bond acceptors (Lipinski definition) is 4. The number of amides is 2. The quantitative estimate of drug-likeness (QED) is 0.558. The second-order valence-electron chi connectivity index (χ2n) is 4.71. The summed E-state index contributed by atoms with van der Waals surface area (Å²) in [5, 5.41) is 0.483. The maximum Gasteiger partial charge on any atom is 0.340 e. The van der Waals surface area contributed by atoms with Gasteiger partial charge in [-0.25, -0.2) is 4.79 Å². The second-order valence-corrected chi connectivity index (χ2v) is 6.47. The number of halogens is 3. The number of nitrogens with one attached hydrogen (secondary N) is 2. The topological polar surface area (TPSA) is 84.5 Å². The van der Waals surface area contributed by atoms with Gasteiger partial charge >= 0.3 is 5.97 Å². The smallest absolute Gasteiger partial charge is 0.340 e. The molecule has 2 N–H and O–H groups in total. The van der Waals surface area contributed by atoms with Crippen LogP contribution in [-0.4, -0.2) is 24.4 Å². The zero-order chi connectivity index (χ0) is 18.4. The lowest BCUT2D eigenvalue weighted by Crippen LogP contribution is -2.43. The molecule has 0 aliphatic heterocycles. The van der Waals surface area contributed by atoms with E-state index in [4.69, 9.17) is 27.9 Å². The molecule has 130 valence electrons. The van der Waals surface area contributed by atoms with Crippen molar-refractivity contribution in [2.24, 2.45) is 0 Å². The normalized spacial score (nSPS) is 10.0. The summed E-state index contributed by atoms with van der Waals surface area (Å²) in [6.45, 7) is -0.585. The molecule has 0 radical (unpaired) electrons. The van der Waals surface area contributed by atoms with Crippen molar-refractivity contribution in [3.05, 3.63) is 68.1 Å². The summed E-state index contributed by atoms with van der Waals surface area (Å²) in [5.74, 6) is -1.99. The van der Waals surface area contributed by atoms with E-state index in [0.29, 0.717) is 10.6 Å². The number of benzene rings is 2. The molecule has 0 aliphatic carbocycles. The Balaban J connectivity index is 1.81. The van der Waals surface area contributed by atoms with Gasteiger partial charge in [-0.3, -0.25) is 20.4 Å². The molecule has 0 spiro atoms. The summed E-state index contributed by atoms with van der Waals surface area (Å²) in [5.41, 5.74) is 4.79. The molecule has 6 nitrogen and oxygen atoms in total. The Morgan fingerprint density at radius 3 is 2.32 bits per heavy atom. The fourth-order valence-electron chi connectivity index (χ4n) is 1.70. The first kappa shape index (κ1) is 19.2. The van der Waals surface area contributed by atoms with E-state index < -0.39 is 24.4 Å². The van der Waals surface area contributed by atoms with Crippen molar-refractivity contribution in [3.63, 3.8) is 0 Å². The van der Waals surface area contributed by atoms with Gasteiger partial charge in [-0.15, -0.1) is 0 Å². The minimum absolute atomic E-state index is 0.0813. The van der Waals surface area contributed by atoms with E-state index in [9.17, 15) is 14.4 Å². The molecule has 0 unspecified atom stereocenters. The number of rotatable bonds is 4. The molecule has 2 aromatic rings. The monoisotopic (exact) mass is 444 g/mol. The minimum atomic E-state index is -0.781. The molecule has 0 saturated heterocycles. The Morgan fingerprint density at radius 2 is 1.68 bits per heavy atom. The Labute approximate surface area is 161 Å². The number of carbonyl (C=O) groups excluding carboxylic acids is 3. The Kier molecular flexibility index (Phi) is 6.81. The molecule has 0 atom stereocenters. The number of hydrazine groups is 1. The molecule has 0 aromatic heterocycles. The summed E-state index contributed by atoms with van der Waals surface area (Å²) in [6, 6.07) is 10.8. The Bertz CT molecular complexity index is 812. The summed E-state index contributed by atoms with van der Waals surface area (Å²) >= 11 is 14.9. The third-order valence-electron chi connectivity index (χ3n) is 2.91. The fraction of sp³-hybridized carbons (Fsp3) is 0.0625. The van der Waals surface area contributed by atoms with Crippen LogP contribution in [0.1, 0.15) is 20.7 Å². The van der Waals surface area contributed by atoms with E-state index in [1.807, 2.05) is 0 Å². The lowest BCUT2D eigenvalue weighted by atomic mass is 10.2. The van der Waals surface area contributed by atoms with E-state index >= 15 is 0 Å². The summed E-state index contributed by atoms with van der Waals surface area (Å²) < 4.78 is 5.65. The maximum atomic E-state index is 11.9. The number of esters is 1. The highest BCUT2D eigenvalue weighted by molar-refractivity contribution is 9.10. The molecule has 2 rings (SSSR count). The van der Waals surface area contributed by atoms with Crippen molar-refractivity contribution in [2.45, 2.75) is 0 Å². The predicted octanol–water partition coefficient (Wildman–Crippen LogP) is 3.37. The van der Waals surface area contributed by atoms with Gasteiger partial charge in [0.1, 0.15) is 0 Å². The van der Waals surface area contributed by atoms with E-state index in [1.54, 1.807) is 24.3 Å². The number of ether oxygens (including phenoxy) is 1. The molecule has 0 fully saturated rings. The Hall–Kier alpha value is -2.09. The lowest BCUT2D eigenvalue weighted by Gasteiger charge is -2.09. The predicted molar refractivity (Wildman–Crippen MR) is 96.5 cm³/mol. The molecule has 0 saturated carbocycles. The second kappa shape index (κ2) is 8.84. The fourth-order valence-corrected chi connectivity index (χ4v) is 2.45. The first-order valence-electron chi connectivity index (χ1n) is 6.84. The molecule has 2 aromatic carbocycles. The van der Waals surface area contributed by atoms with Crippen LogP contribution < -0.4 is 10.9 Å². The van der Waals surface area contributed by atoms with Crippen molar-refractivity contribution >= 4 is 56.9 Å². The molecule has 9 heteroatoms. The van der Waals surface area contributed by atoms with Gasteiger partial charge in [-0.05, 0) is 42.5 Å². The Morgan fingerprint density at radius 1 is 1.00 bits per heavy atom. The van der Waals surface area contributed by atoms with Gasteiger partial charge in [0.15, 0.2) is 6.61 Å². The SMILES string of the molecule is O=C(COC(=O)c1ccc(Cl)cc1Cl)NNC(=O)c1ccc(Br)cc1. The summed E-state index contributed by atoms with van der Waals surface area (Å²) in [6.07, 6.45) is 0. The van der Waals surface area contributed by atoms with Crippen LogP contribution in [0.5, 0.6) is 0 Å². The van der Waals surface area contributed by atoms with E-state index in [0.717, 1.165) is 4.47 Å². The molecular weight excluding hydrogens is 435 g/mol. The van der Waals surface area contributed by atoms with Crippen molar-refractivity contribution in [1.82, 2.24) is 10.9 Å². The van der Waals surface area contributed by atoms with Gasteiger partial charge in [0.05, 0.1) is 10.6 Å². The van der Waals surface area contributed by atoms with Crippen LogP contribution in [0.2, 0.25) is 10.0 Å². The largest absolute Gasteiger partial charge is 0.452 e. The molecule has 0 heterocycles. The van der Waals surface area contributed by atoms with E-state index in [-0.39, 0.29) is 10.6 Å². The molecule has 2 amide bonds. The van der Waals surface area contributed by atoms with Gasteiger partial charge in [0.25, 0.3) is 11.8 Å². The van der Waals surface area contributed by atoms with Crippen LogP contribution in [-0.2, 0) is 9.53 Å². The third-order valence-corrected chi connectivity index (χ3v) is 3.98. The van der Waals surface area contributed by atoms with Crippen LogP contribution in [0, 0.1) is 0 Å². The number of hydrogen-bond donors (Lipinski definition) is 2. The average molecular weight is 446 g/mol. The highest BCUT2D eigenvalue weighted by Gasteiger charge is 2.14. The zero-order valence-electron chi connectivity index (χ0n) is 12.5. The molecule has 0 bridgehead atoms. The van der Waals surface area contributed by atoms with Crippen LogP contribution in [0.15, 0.2) is 46.9 Å². The van der Waals surface area contributed by atoms with Crippen LogP contribution in [0.4, 0.5) is 0 Å². The summed E-state index contributed by atoms with van der Waals surface area (Å²) in [4.78, 5) is 35.3. The highest BCUT2D eigenvalue weighted by atomic mass is 79.9.